The molecule has 5 nitrogen and oxygen atoms in total. The van der Waals surface area contributed by atoms with Crippen LogP contribution in [0.4, 0.5) is 4.39 Å². The second kappa shape index (κ2) is 7.55. The number of benzene rings is 1. The summed E-state index contributed by atoms with van der Waals surface area (Å²) in [7, 11) is 0. The van der Waals surface area contributed by atoms with E-state index in [2.05, 4.69) is 6.92 Å². The van der Waals surface area contributed by atoms with Crippen LogP contribution >= 0.6 is 0 Å². The number of aliphatic hydroxyl groups is 1. The molecule has 1 heterocycles. The summed E-state index contributed by atoms with van der Waals surface area (Å²) in [6.45, 7) is 3.37. The van der Waals surface area contributed by atoms with Crippen LogP contribution in [0.5, 0.6) is 0 Å². The third kappa shape index (κ3) is 2.88. The molecule has 182 valence electrons. The van der Waals surface area contributed by atoms with Gasteiger partial charge in [0.2, 0.25) is 0 Å². The summed E-state index contributed by atoms with van der Waals surface area (Å²) in [6, 6.07) is 6.03. The summed E-state index contributed by atoms with van der Waals surface area (Å²) >= 11 is 0. The highest BCUT2D eigenvalue weighted by Crippen LogP contribution is 2.69. The highest BCUT2D eigenvalue weighted by atomic mass is 19.1. The summed E-state index contributed by atoms with van der Waals surface area (Å²) in [5.41, 5.74) is 0.319. The predicted octanol–water partition coefficient (Wildman–Crippen LogP) is 4.47. The summed E-state index contributed by atoms with van der Waals surface area (Å²) in [5, 5.41) is 10.1. The van der Waals surface area contributed by atoms with Crippen LogP contribution in [0.15, 0.2) is 35.9 Å². The van der Waals surface area contributed by atoms with Crippen LogP contribution in [-0.4, -0.2) is 35.0 Å². The fraction of sp³-hybridized carbons (Fsp3) is 0.643. The average molecular weight is 469 g/mol. The van der Waals surface area contributed by atoms with Crippen LogP contribution in [0.25, 0.3) is 0 Å². The zero-order valence-corrected chi connectivity index (χ0v) is 19.9. The lowest BCUT2D eigenvalue weighted by atomic mass is 9.50. The molecule has 0 unspecified atom stereocenters. The Bertz CT molecular complexity index is 1070. The molecule has 4 fully saturated rings. The molecule has 3 saturated carbocycles. The molecular weight excluding hydrogens is 435 g/mol. The van der Waals surface area contributed by atoms with Crippen LogP contribution in [0.2, 0.25) is 0 Å². The standard InChI is InChI=1S/C28H33FO5/c1-26-12-11-21-20-10-8-19(31)13-16(20)3-9-22(21)23(26)14-25-28(26,24(32)15-30)34-27(2,33-25)17-4-6-18(29)7-5-17/h4-7,13,20-23,25,30H,3,8-12,14-15H2,1-2H3/t20-,21+,22+,23-,25+,26-,27-,28+/m0/s1. The molecule has 0 aromatic heterocycles. The van der Waals surface area contributed by atoms with E-state index in [4.69, 9.17) is 9.47 Å². The molecule has 34 heavy (non-hydrogen) atoms. The SMILES string of the molecule is C[C@]1(c2ccc(F)cc2)O[C@@H]2C[C@H]3[C@@H]4CCC5=CC(=O)CC[C@@H]5[C@H]4CC[C@]3(C)[C@]2(C(=O)CO)O1. The van der Waals surface area contributed by atoms with Crippen molar-refractivity contribution in [3.8, 4) is 0 Å². The van der Waals surface area contributed by atoms with Gasteiger partial charge in [0.05, 0.1) is 6.10 Å². The van der Waals surface area contributed by atoms with Crippen molar-refractivity contribution in [2.24, 2.45) is 29.1 Å². The zero-order valence-electron chi connectivity index (χ0n) is 19.9. The van der Waals surface area contributed by atoms with Crippen LogP contribution in [0.3, 0.4) is 0 Å². The molecule has 4 aliphatic carbocycles. The second-order valence-electron chi connectivity index (χ2n) is 11.5. The fourth-order valence-corrected chi connectivity index (χ4v) is 8.63. The maximum absolute atomic E-state index is 13.6. The van der Waals surface area contributed by atoms with E-state index in [9.17, 15) is 19.1 Å². The van der Waals surface area contributed by atoms with Gasteiger partial charge in [-0.15, -0.1) is 0 Å². The van der Waals surface area contributed by atoms with Crippen molar-refractivity contribution in [1.82, 2.24) is 0 Å². The number of ether oxygens (including phenoxy) is 2. The lowest BCUT2D eigenvalue weighted by Gasteiger charge is -2.55. The minimum atomic E-state index is -1.22. The van der Waals surface area contributed by atoms with E-state index >= 15 is 0 Å². The quantitative estimate of drug-likeness (QED) is 0.709. The predicted molar refractivity (Wildman–Crippen MR) is 122 cm³/mol. The molecule has 1 aliphatic heterocycles. The number of rotatable bonds is 3. The molecule has 8 atom stereocenters. The first kappa shape index (κ1) is 22.6. The van der Waals surface area contributed by atoms with Gasteiger partial charge >= 0.3 is 0 Å². The number of allylic oxidation sites excluding steroid dienone is 1. The van der Waals surface area contributed by atoms with Gasteiger partial charge in [0.25, 0.3) is 0 Å². The van der Waals surface area contributed by atoms with E-state index in [1.165, 1.54) is 17.7 Å². The minimum absolute atomic E-state index is 0.253. The highest BCUT2D eigenvalue weighted by molar-refractivity contribution is 5.92. The van der Waals surface area contributed by atoms with E-state index in [0.29, 0.717) is 36.2 Å². The molecule has 1 aromatic rings. The molecule has 0 bridgehead atoms. The van der Waals surface area contributed by atoms with Gasteiger partial charge in [0, 0.05) is 17.4 Å². The van der Waals surface area contributed by atoms with Crippen molar-refractivity contribution in [3.05, 3.63) is 47.3 Å². The fourth-order valence-electron chi connectivity index (χ4n) is 8.63. The number of carbonyl (C=O) groups is 2. The van der Waals surface area contributed by atoms with Gasteiger partial charge < -0.3 is 14.6 Å². The van der Waals surface area contributed by atoms with E-state index in [1.54, 1.807) is 19.1 Å². The Morgan fingerprint density at radius 2 is 1.88 bits per heavy atom. The summed E-state index contributed by atoms with van der Waals surface area (Å²) in [6.07, 6.45) is 7.51. The highest BCUT2D eigenvalue weighted by Gasteiger charge is 2.75. The number of fused-ring (bicyclic) bond motifs is 7. The van der Waals surface area contributed by atoms with Crippen LogP contribution in [0.1, 0.15) is 64.4 Å². The van der Waals surface area contributed by atoms with E-state index in [1.807, 2.05) is 6.08 Å². The first-order valence-corrected chi connectivity index (χ1v) is 12.7. The maximum Gasteiger partial charge on any atom is 0.193 e. The van der Waals surface area contributed by atoms with Gasteiger partial charge in [-0.3, -0.25) is 9.59 Å². The number of halogens is 1. The molecule has 1 saturated heterocycles. The third-order valence-corrected chi connectivity index (χ3v) is 10.1. The number of Topliss-reactive ketones (excluding diaryl/α,β-unsaturated/α-hetero) is 1. The smallest absolute Gasteiger partial charge is 0.193 e. The van der Waals surface area contributed by atoms with Gasteiger partial charge in [0.15, 0.2) is 23.0 Å². The Morgan fingerprint density at radius 1 is 1.12 bits per heavy atom. The summed E-state index contributed by atoms with van der Waals surface area (Å²) < 4.78 is 26.8. The molecule has 1 N–H and O–H groups in total. The molecule has 0 amide bonds. The normalized spacial score (nSPS) is 45.1. The first-order valence-electron chi connectivity index (χ1n) is 12.7. The Labute approximate surface area is 199 Å². The van der Waals surface area contributed by atoms with Crippen molar-refractivity contribution >= 4 is 11.6 Å². The molecular formula is C28H33FO5. The van der Waals surface area contributed by atoms with Crippen molar-refractivity contribution in [2.75, 3.05) is 6.61 Å². The average Bonchev–Trinajstić information content (AvgIpc) is 3.26. The summed E-state index contributed by atoms with van der Waals surface area (Å²) in [4.78, 5) is 25.5. The number of hydrogen-bond acceptors (Lipinski definition) is 5. The minimum Gasteiger partial charge on any atom is -0.388 e. The number of aliphatic hydroxyl groups excluding tert-OH is 1. The van der Waals surface area contributed by atoms with Crippen LogP contribution in [-0.2, 0) is 24.8 Å². The zero-order chi connectivity index (χ0) is 23.9. The van der Waals surface area contributed by atoms with Crippen LogP contribution < -0.4 is 0 Å². The van der Waals surface area contributed by atoms with E-state index in [0.717, 1.165) is 32.1 Å². The maximum atomic E-state index is 13.6. The second-order valence-corrected chi connectivity index (χ2v) is 11.5. The molecule has 0 spiro atoms. The van der Waals surface area contributed by atoms with Gasteiger partial charge in [-0.25, -0.2) is 4.39 Å². The molecule has 1 aromatic carbocycles. The Hall–Kier alpha value is -1.89. The lowest BCUT2D eigenvalue weighted by Crippen LogP contribution is -2.60. The first-order chi connectivity index (χ1) is 16.2. The molecule has 5 aliphatic rings. The Morgan fingerprint density at radius 3 is 2.62 bits per heavy atom. The van der Waals surface area contributed by atoms with Gasteiger partial charge in [-0.2, -0.15) is 0 Å². The van der Waals surface area contributed by atoms with E-state index in [-0.39, 0.29) is 23.3 Å². The van der Waals surface area contributed by atoms with Gasteiger partial charge in [0.1, 0.15) is 12.4 Å². The van der Waals surface area contributed by atoms with Crippen molar-refractivity contribution < 1.29 is 28.6 Å². The number of carbonyl (C=O) groups excluding carboxylic acids is 2. The molecule has 6 rings (SSSR count). The molecule has 6 heteroatoms. The largest absolute Gasteiger partial charge is 0.388 e. The van der Waals surface area contributed by atoms with Gasteiger partial charge in [-0.05, 0) is 87.3 Å². The monoisotopic (exact) mass is 468 g/mol. The van der Waals surface area contributed by atoms with Gasteiger partial charge in [-0.1, -0.05) is 24.6 Å². The topological polar surface area (TPSA) is 72.8 Å². The Kier molecular flexibility index (Phi) is 5.01. The van der Waals surface area contributed by atoms with E-state index < -0.39 is 29.5 Å². The Balaban J connectivity index is 1.37. The third-order valence-electron chi connectivity index (χ3n) is 10.1. The van der Waals surface area contributed by atoms with Crippen molar-refractivity contribution in [1.29, 1.82) is 0 Å². The van der Waals surface area contributed by atoms with Crippen molar-refractivity contribution in [3.63, 3.8) is 0 Å². The number of ketones is 2. The van der Waals surface area contributed by atoms with Crippen LogP contribution in [0, 0.1) is 34.9 Å². The number of hydrogen-bond donors (Lipinski definition) is 1. The lowest BCUT2D eigenvalue weighted by molar-refractivity contribution is -0.228. The summed E-state index contributed by atoms with van der Waals surface area (Å²) in [5.74, 6) is 0.122. The molecule has 0 radical (unpaired) electrons. The van der Waals surface area contributed by atoms with Crippen molar-refractivity contribution in [2.45, 2.75) is 76.3 Å².